The summed E-state index contributed by atoms with van der Waals surface area (Å²) in [6, 6.07) is 2.85. The molecule has 3 N–H and O–H groups in total. The topological polar surface area (TPSA) is 72.5 Å². The van der Waals surface area contributed by atoms with Crippen LogP contribution in [0.4, 0.5) is 0 Å². The molecule has 0 aromatic heterocycles. The number of carboxylic acid groups (broad SMARTS) is 1. The molecule has 0 saturated heterocycles. The van der Waals surface area contributed by atoms with Crippen LogP contribution in [0.5, 0.6) is 5.75 Å². The second-order valence-electron chi connectivity index (χ2n) is 5.33. The highest BCUT2D eigenvalue weighted by molar-refractivity contribution is 6.32. The first kappa shape index (κ1) is 15.1. The molecule has 1 saturated carbocycles. The van der Waals surface area contributed by atoms with E-state index in [9.17, 15) is 4.79 Å². The van der Waals surface area contributed by atoms with Crippen molar-refractivity contribution in [3.63, 3.8) is 0 Å². The number of ether oxygens (including phenoxy) is 1. The summed E-state index contributed by atoms with van der Waals surface area (Å²) in [5.74, 6) is 0.161. The molecular weight excluding hydrogens is 278 g/mol. The summed E-state index contributed by atoms with van der Waals surface area (Å²) in [7, 11) is 1.61. The van der Waals surface area contributed by atoms with Crippen molar-refractivity contribution in [2.75, 3.05) is 7.11 Å². The highest BCUT2D eigenvalue weighted by Gasteiger charge is 2.23. The summed E-state index contributed by atoms with van der Waals surface area (Å²) < 4.78 is 5.42. The zero-order valence-corrected chi connectivity index (χ0v) is 12.3. The van der Waals surface area contributed by atoms with Crippen LogP contribution in [0.15, 0.2) is 12.1 Å². The normalized spacial score (nSPS) is 17.1. The standard InChI is InChI=1S/C15H20ClNO3/c1-20-14-11(10-4-2-3-5-10)6-9(7-12(14)16)8-13(17)15(18)19/h6-7,10,13H,2-5,8,17H2,1H3,(H,18,19). The molecule has 1 atom stereocenters. The largest absolute Gasteiger partial charge is 0.495 e. The number of carbonyl (C=O) groups is 1. The molecule has 2 rings (SSSR count). The number of rotatable bonds is 5. The van der Waals surface area contributed by atoms with Gasteiger partial charge in [-0.15, -0.1) is 0 Å². The predicted octanol–water partition coefficient (Wildman–Crippen LogP) is 2.96. The van der Waals surface area contributed by atoms with Gasteiger partial charge in [-0.05, 0) is 42.4 Å². The maximum Gasteiger partial charge on any atom is 0.320 e. The number of aliphatic carboxylic acids is 1. The summed E-state index contributed by atoms with van der Waals surface area (Å²) in [4.78, 5) is 10.9. The van der Waals surface area contributed by atoms with Gasteiger partial charge in [0.05, 0.1) is 12.1 Å². The Labute approximate surface area is 123 Å². The Morgan fingerprint density at radius 2 is 2.15 bits per heavy atom. The summed E-state index contributed by atoms with van der Waals surface area (Å²) in [5, 5.41) is 9.44. The number of carboxylic acids is 1. The third-order valence-corrected chi connectivity index (χ3v) is 4.18. The van der Waals surface area contributed by atoms with Gasteiger partial charge in [-0.2, -0.15) is 0 Å². The fourth-order valence-electron chi connectivity index (χ4n) is 2.89. The van der Waals surface area contributed by atoms with Gasteiger partial charge in [0.1, 0.15) is 11.8 Å². The van der Waals surface area contributed by atoms with Crippen LogP contribution in [-0.2, 0) is 11.2 Å². The molecule has 0 bridgehead atoms. The van der Waals surface area contributed by atoms with Gasteiger partial charge in [0.15, 0.2) is 0 Å². The van der Waals surface area contributed by atoms with Crippen molar-refractivity contribution in [2.45, 2.75) is 44.1 Å². The van der Waals surface area contributed by atoms with Crippen molar-refractivity contribution in [3.05, 3.63) is 28.3 Å². The first-order valence-electron chi connectivity index (χ1n) is 6.87. The second-order valence-corrected chi connectivity index (χ2v) is 5.74. The van der Waals surface area contributed by atoms with Crippen LogP contribution in [0.2, 0.25) is 5.02 Å². The second kappa shape index (κ2) is 6.46. The van der Waals surface area contributed by atoms with Crippen LogP contribution in [0, 0.1) is 0 Å². The smallest absolute Gasteiger partial charge is 0.320 e. The lowest BCUT2D eigenvalue weighted by Gasteiger charge is -2.18. The van der Waals surface area contributed by atoms with Crippen molar-refractivity contribution < 1.29 is 14.6 Å². The molecule has 1 fully saturated rings. The van der Waals surface area contributed by atoms with Gasteiger partial charge in [0.25, 0.3) is 0 Å². The molecule has 1 aliphatic rings. The van der Waals surface area contributed by atoms with Gasteiger partial charge in [-0.1, -0.05) is 30.5 Å². The highest BCUT2D eigenvalue weighted by atomic mass is 35.5. The van der Waals surface area contributed by atoms with Gasteiger partial charge in [-0.3, -0.25) is 4.79 Å². The summed E-state index contributed by atoms with van der Waals surface area (Å²) >= 11 is 6.26. The number of hydrogen-bond donors (Lipinski definition) is 2. The average molecular weight is 298 g/mol. The molecule has 0 aliphatic heterocycles. The van der Waals surface area contributed by atoms with Gasteiger partial charge in [0, 0.05) is 0 Å². The molecule has 1 aromatic rings. The van der Waals surface area contributed by atoms with E-state index in [1.54, 1.807) is 13.2 Å². The van der Waals surface area contributed by atoms with E-state index in [1.165, 1.54) is 12.8 Å². The third-order valence-electron chi connectivity index (χ3n) is 3.90. The SMILES string of the molecule is COc1c(Cl)cc(CC(N)C(=O)O)cc1C1CCCC1. The predicted molar refractivity (Wildman–Crippen MR) is 78.5 cm³/mol. The van der Waals surface area contributed by atoms with Gasteiger partial charge >= 0.3 is 5.97 Å². The van der Waals surface area contributed by atoms with Crippen molar-refractivity contribution in [3.8, 4) is 5.75 Å². The van der Waals surface area contributed by atoms with Gasteiger partial charge < -0.3 is 15.6 Å². The minimum absolute atomic E-state index is 0.277. The molecule has 20 heavy (non-hydrogen) atoms. The molecule has 1 aliphatic carbocycles. The zero-order chi connectivity index (χ0) is 14.7. The maximum atomic E-state index is 10.9. The summed E-state index contributed by atoms with van der Waals surface area (Å²) in [6.07, 6.45) is 4.95. The number of nitrogens with two attached hydrogens (primary N) is 1. The van der Waals surface area contributed by atoms with Crippen LogP contribution in [0.1, 0.15) is 42.7 Å². The summed E-state index contributed by atoms with van der Waals surface area (Å²) in [6.45, 7) is 0. The zero-order valence-electron chi connectivity index (χ0n) is 11.6. The first-order valence-corrected chi connectivity index (χ1v) is 7.25. The van der Waals surface area contributed by atoms with E-state index < -0.39 is 12.0 Å². The van der Waals surface area contributed by atoms with Gasteiger partial charge in [0.2, 0.25) is 0 Å². The van der Waals surface area contributed by atoms with E-state index in [0.717, 1.165) is 24.0 Å². The number of methoxy groups -OCH3 is 1. The number of benzene rings is 1. The Kier molecular flexibility index (Phi) is 4.89. The number of halogens is 1. The van der Waals surface area contributed by atoms with Crippen molar-refractivity contribution in [2.24, 2.45) is 5.73 Å². The van der Waals surface area contributed by atoms with Crippen LogP contribution in [0.25, 0.3) is 0 Å². The Balaban J connectivity index is 2.32. The van der Waals surface area contributed by atoms with Crippen molar-refractivity contribution >= 4 is 17.6 Å². The summed E-state index contributed by atoms with van der Waals surface area (Å²) in [5.41, 5.74) is 7.54. The van der Waals surface area contributed by atoms with Gasteiger partial charge in [-0.25, -0.2) is 0 Å². The lowest BCUT2D eigenvalue weighted by Crippen LogP contribution is -2.32. The van der Waals surface area contributed by atoms with Crippen LogP contribution < -0.4 is 10.5 Å². The monoisotopic (exact) mass is 297 g/mol. The number of hydrogen-bond acceptors (Lipinski definition) is 3. The molecule has 1 aromatic carbocycles. The lowest BCUT2D eigenvalue weighted by molar-refractivity contribution is -0.138. The van der Waals surface area contributed by atoms with Crippen LogP contribution in [-0.4, -0.2) is 24.2 Å². The Bertz CT molecular complexity index is 498. The quantitative estimate of drug-likeness (QED) is 0.876. The Hall–Kier alpha value is -1.26. The Morgan fingerprint density at radius 3 is 2.70 bits per heavy atom. The van der Waals surface area contributed by atoms with E-state index in [1.807, 2.05) is 6.07 Å². The van der Waals surface area contributed by atoms with E-state index in [-0.39, 0.29) is 6.42 Å². The lowest BCUT2D eigenvalue weighted by atomic mass is 9.93. The third kappa shape index (κ3) is 3.25. The van der Waals surface area contributed by atoms with E-state index in [0.29, 0.717) is 16.7 Å². The van der Waals surface area contributed by atoms with E-state index in [4.69, 9.17) is 27.2 Å². The Morgan fingerprint density at radius 1 is 1.50 bits per heavy atom. The first-order chi connectivity index (χ1) is 9.52. The molecule has 0 radical (unpaired) electrons. The fraction of sp³-hybridized carbons (Fsp3) is 0.533. The van der Waals surface area contributed by atoms with E-state index >= 15 is 0 Å². The highest BCUT2D eigenvalue weighted by Crippen LogP contribution is 2.42. The maximum absolute atomic E-state index is 10.9. The minimum atomic E-state index is -1.00. The van der Waals surface area contributed by atoms with Crippen molar-refractivity contribution in [1.29, 1.82) is 0 Å². The van der Waals surface area contributed by atoms with Crippen molar-refractivity contribution in [1.82, 2.24) is 0 Å². The molecule has 0 heterocycles. The van der Waals surface area contributed by atoms with Crippen LogP contribution in [0.3, 0.4) is 0 Å². The fourth-order valence-corrected chi connectivity index (χ4v) is 3.21. The molecule has 0 amide bonds. The van der Waals surface area contributed by atoms with E-state index in [2.05, 4.69) is 0 Å². The molecular formula is C15H20ClNO3. The van der Waals surface area contributed by atoms with Crippen LogP contribution >= 0.6 is 11.6 Å². The molecule has 1 unspecified atom stereocenters. The molecule has 5 heteroatoms. The molecule has 0 spiro atoms. The minimum Gasteiger partial charge on any atom is -0.495 e. The molecule has 4 nitrogen and oxygen atoms in total. The average Bonchev–Trinajstić information content (AvgIpc) is 2.91. The molecule has 110 valence electrons.